The number of nitrogens with one attached hydrogen (secondary N) is 1. The van der Waals surface area contributed by atoms with E-state index in [4.69, 9.17) is 21.1 Å². The second kappa shape index (κ2) is 8.14. The number of halogens is 1. The van der Waals surface area contributed by atoms with Crippen molar-refractivity contribution in [1.82, 2.24) is 14.7 Å². The van der Waals surface area contributed by atoms with Crippen LogP contribution < -0.4 is 14.8 Å². The predicted octanol–water partition coefficient (Wildman–Crippen LogP) is 3.90. The molecule has 0 aliphatic carbocycles. The third-order valence-electron chi connectivity index (χ3n) is 4.18. The molecule has 0 spiro atoms. The number of ether oxygens (including phenoxy) is 2. The summed E-state index contributed by atoms with van der Waals surface area (Å²) in [7, 11) is 3.18. The van der Waals surface area contributed by atoms with Gasteiger partial charge in [-0.25, -0.2) is 4.98 Å². The molecule has 1 atom stereocenters. The largest absolute Gasteiger partial charge is 0.497 e. The van der Waals surface area contributed by atoms with E-state index in [1.54, 1.807) is 26.4 Å². The number of carbonyl (C=O) groups is 1. The average Bonchev–Trinajstić information content (AvgIpc) is 3.00. The zero-order valence-electron chi connectivity index (χ0n) is 15.3. The van der Waals surface area contributed by atoms with Crippen molar-refractivity contribution in [2.45, 2.75) is 13.0 Å². The van der Waals surface area contributed by atoms with E-state index in [1.807, 2.05) is 47.9 Å². The molecule has 7 heteroatoms. The molecule has 0 saturated carbocycles. The SMILES string of the molecule is COc1ccc(C(C)NC(=O)/C=C/c2c(Cl)nc3ccccn23)c(OC)c1. The van der Waals surface area contributed by atoms with E-state index in [9.17, 15) is 4.79 Å². The molecule has 3 rings (SSSR count). The van der Waals surface area contributed by atoms with Crippen LogP contribution in [0.3, 0.4) is 0 Å². The molecule has 1 unspecified atom stereocenters. The Morgan fingerprint density at radius 1 is 1.26 bits per heavy atom. The number of hydrogen-bond acceptors (Lipinski definition) is 4. The minimum atomic E-state index is -0.249. The zero-order chi connectivity index (χ0) is 19.4. The van der Waals surface area contributed by atoms with E-state index < -0.39 is 0 Å². The number of hydrogen-bond donors (Lipinski definition) is 1. The highest BCUT2D eigenvalue weighted by molar-refractivity contribution is 6.31. The van der Waals surface area contributed by atoms with Crippen LogP contribution in [-0.2, 0) is 4.79 Å². The van der Waals surface area contributed by atoms with Crippen LogP contribution >= 0.6 is 11.6 Å². The van der Waals surface area contributed by atoms with E-state index in [-0.39, 0.29) is 11.9 Å². The Labute approximate surface area is 162 Å². The van der Waals surface area contributed by atoms with Gasteiger partial charge in [0.1, 0.15) is 17.1 Å². The third kappa shape index (κ3) is 4.06. The number of pyridine rings is 1. The first-order chi connectivity index (χ1) is 13.0. The van der Waals surface area contributed by atoms with Gasteiger partial charge in [-0.2, -0.15) is 0 Å². The average molecular weight is 386 g/mol. The topological polar surface area (TPSA) is 64.9 Å². The maximum Gasteiger partial charge on any atom is 0.244 e. The number of nitrogens with zero attached hydrogens (tertiary/aromatic N) is 2. The Morgan fingerprint density at radius 3 is 2.81 bits per heavy atom. The second-order valence-corrected chi connectivity index (χ2v) is 6.25. The molecule has 2 aromatic heterocycles. The minimum absolute atomic E-state index is 0.248. The summed E-state index contributed by atoms with van der Waals surface area (Å²) in [6.07, 6.45) is 4.93. The molecule has 0 saturated heterocycles. The van der Waals surface area contributed by atoms with Crippen molar-refractivity contribution in [2.24, 2.45) is 0 Å². The van der Waals surface area contributed by atoms with Crippen LogP contribution in [0.1, 0.15) is 24.2 Å². The molecule has 6 nitrogen and oxygen atoms in total. The van der Waals surface area contributed by atoms with Gasteiger partial charge in [0.25, 0.3) is 0 Å². The predicted molar refractivity (Wildman–Crippen MR) is 105 cm³/mol. The van der Waals surface area contributed by atoms with Gasteiger partial charge >= 0.3 is 0 Å². The van der Waals surface area contributed by atoms with Crippen LogP contribution in [0.15, 0.2) is 48.7 Å². The van der Waals surface area contributed by atoms with Crippen LogP contribution in [0.2, 0.25) is 5.15 Å². The highest BCUT2D eigenvalue weighted by Crippen LogP contribution is 2.29. The van der Waals surface area contributed by atoms with Gasteiger partial charge in [0.15, 0.2) is 5.15 Å². The number of amides is 1. The van der Waals surface area contributed by atoms with Gasteiger partial charge in [0.2, 0.25) is 5.91 Å². The summed E-state index contributed by atoms with van der Waals surface area (Å²) in [5.41, 5.74) is 2.23. The molecule has 0 aliphatic heterocycles. The van der Waals surface area contributed by atoms with E-state index in [2.05, 4.69) is 10.3 Å². The fourth-order valence-corrected chi connectivity index (χ4v) is 3.05. The molecule has 1 amide bonds. The summed E-state index contributed by atoms with van der Waals surface area (Å²) in [6, 6.07) is 10.8. The van der Waals surface area contributed by atoms with E-state index in [0.717, 1.165) is 11.2 Å². The summed E-state index contributed by atoms with van der Waals surface area (Å²) < 4.78 is 12.4. The Hall–Kier alpha value is -2.99. The maximum absolute atomic E-state index is 12.4. The van der Waals surface area contributed by atoms with Gasteiger partial charge < -0.3 is 14.8 Å². The number of aromatic nitrogens is 2. The van der Waals surface area contributed by atoms with Crippen molar-refractivity contribution in [3.63, 3.8) is 0 Å². The Balaban J connectivity index is 1.75. The highest BCUT2D eigenvalue weighted by atomic mass is 35.5. The maximum atomic E-state index is 12.4. The number of imidazole rings is 1. The van der Waals surface area contributed by atoms with Crippen LogP contribution in [0.25, 0.3) is 11.7 Å². The van der Waals surface area contributed by atoms with Gasteiger partial charge in [0.05, 0.1) is 26.0 Å². The van der Waals surface area contributed by atoms with Gasteiger partial charge in [-0.1, -0.05) is 17.7 Å². The van der Waals surface area contributed by atoms with Crippen LogP contribution in [0.4, 0.5) is 0 Å². The molecule has 0 radical (unpaired) electrons. The first-order valence-electron chi connectivity index (χ1n) is 8.36. The Bertz CT molecular complexity index is 997. The lowest BCUT2D eigenvalue weighted by Gasteiger charge is -2.17. The number of benzene rings is 1. The lowest BCUT2D eigenvalue weighted by Crippen LogP contribution is -2.25. The summed E-state index contributed by atoms with van der Waals surface area (Å²) in [5, 5.41) is 3.26. The van der Waals surface area contributed by atoms with Crippen LogP contribution in [0, 0.1) is 0 Å². The van der Waals surface area contributed by atoms with Crippen molar-refractivity contribution < 1.29 is 14.3 Å². The molecule has 1 aromatic carbocycles. The monoisotopic (exact) mass is 385 g/mol. The molecule has 0 bridgehead atoms. The molecule has 2 heterocycles. The molecule has 3 aromatic rings. The lowest BCUT2D eigenvalue weighted by atomic mass is 10.1. The van der Waals surface area contributed by atoms with Gasteiger partial charge in [-0.3, -0.25) is 9.20 Å². The number of methoxy groups -OCH3 is 2. The number of carbonyl (C=O) groups excluding carboxylic acids is 1. The van der Waals surface area contributed by atoms with Crippen molar-refractivity contribution in [3.8, 4) is 11.5 Å². The van der Waals surface area contributed by atoms with E-state index in [1.165, 1.54) is 6.08 Å². The third-order valence-corrected chi connectivity index (χ3v) is 4.46. The molecule has 0 aliphatic rings. The normalized spacial score (nSPS) is 12.3. The zero-order valence-corrected chi connectivity index (χ0v) is 16.0. The molecule has 1 N–H and O–H groups in total. The fraction of sp³-hybridized carbons (Fsp3) is 0.200. The molecule has 140 valence electrons. The standard InChI is InChI=1S/C20H20ClN3O3/c1-13(15-8-7-14(26-2)12-17(15)27-3)22-19(25)10-9-16-20(21)23-18-6-4-5-11-24(16)18/h4-13H,1-3H3,(H,22,25)/b10-9+. The first-order valence-corrected chi connectivity index (χ1v) is 8.74. The Kier molecular flexibility index (Phi) is 5.66. The van der Waals surface area contributed by atoms with Crippen LogP contribution in [-0.4, -0.2) is 29.5 Å². The van der Waals surface area contributed by atoms with Gasteiger partial charge in [0, 0.05) is 23.9 Å². The van der Waals surface area contributed by atoms with Crippen molar-refractivity contribution >= 4 is 29.2 Å². The molecular formula is C20H20ClN3O3. The highest BCUT2D eigenvalue weighted by Gasteiger charge is 2.14. The van der Waals surface area contributed by atoms with Crippen molar-refractivity contribution in [2.75, 3.05) is 14.2 Å². The smallest absolute Gasteiger partial charge is 0.244 e. The minimum Gasteiger partial charge on any atom is -0.497 e. The number of rotatable bonds is 6. The van der Waals surface area contributed by atoms with Crippen molar-refractivity contribution in [3.05, 3.63) is 65.1 Å². The van der Waals surface area contributed by atoms with E-state index >= 15 is 0 Å². The van der Waals surface area contributed by atoms with E-state index in [0.29, 0.717) is 22.3 Å². The quantitative estimate of drug-likeness (QED) is 0.654. The first kappa shape index (κ1) is 18.8. The number of fused-ring (bicyclic) bond motifs is 1. The summed E-state index contributed by atoms with van der Waals surface area (Å²) in [4.78, 5) is 16.6. The lowest BCUT2D eigenvalue weighted by molar-refractivity contribution is -0.117. The van der Waals surface area contributed by atoms with Crippen molar-refractivity contribution in [1.29, 1.82) is 0 Å². The molecule has 27 heavy (non-hydrogen) atoms. The summed E-state index contributed by atoms with van der Waals surface area (Å²) in [5.74, 6) is 1.09. The molecular weight excluding hydrogens is 366 g/mol. The summed E-state index contributed by atoms with van der Waals surface area (Å²) >= 11 is 6.18. The fourth-order valence-electron chi connectivity index (χ4n) is 2.81. The summed E-state index contributed by atoms with van der Waals surface area (Å²) in [6.45, 7) is 1.89. The Morgan fingerprint density at radius 2 is 2.07 bits per heavy atom. The van der Waals surface area contributed by atoms with Gasteiger partial charge in [-0.05, 0) is 37.3 Å². The van der Waals surface area contributed by atoms with Crippen LogP contribution in [0.5, 0.6) is 11.5 Å². The molecule has 0 fully saturated rings. The second-order valence-electron chi connectivity index (χ2n) is 5.89. The van der Waals surface area contributed by atoms with Gasteiger partial charge in [-0.15, -0.1) is 0 Å².